The predicted octanol–water partition coefficient (Wildman–Crippen LogP) is 3.42. The van der Waals surface area contributed by atoms with Gasteiger partial charge in [0, 0.05) is 11.6 Å². The van der Waals surface area contributed by atoms with Gasteiger partial charge in [-0.05, 0) is 12.1 Å². The first kappa shape index (κ1) is 15.7. The molecule has 0 spiro atoms. The number of carbonyl (C=O) groups excluding carboxylic acids is 1. The van der Waals surface area contributed by atoms with E-state index in [1.54, 1.807) is 6.20 Å². The number of halogens is 1. The number of methoxy groups -OCH3 is 1. The molecule has 0 aliphatic heterocycles. The fraction of sp³-hybridized carbons (Fsp3) is 0.111. The van der Waals surface area contributed by atoms with E-state index in [9.17, 15) is 9.18 Å². The van der Waals surface area contributed by atoms with Crippen LogP contribution in [0.4, 0.5) is 4.39 Å². The zero-order chi connectivity index (χ0) is 16.9. The van der Waals surface area contributed by atoms with Gasteiger partial charge < -0.3 is 14.5 Å². The normalized spacial score (nSPS) is 10.4. The lowest BCUT2D eigenvalue weighted by molar-refractivity contribution is 0.0943. The minimum atomic E-state index is -0.649. The fourth-order valence-corrected chi connectivity index (χ4v) is 2.19. The lowest BCUT2D eigenvalue weighted by Crippen LogP contribution is -2.24. The molecule has 3 rings (SSSR count). The first-order chi connectivity index (χ1) is 11.7. The second-order valence-corrected chi connectivity index (χ2v) is 5.01. The Morgan fingerprint density at radius 1 is 1.25 bits per heavy atom. The van der Waals surface area contributed by atoms with Crippen molar-refractivity contribution < 1.29 is 18.3 Å². The summed E-state index contributed by atoms with van der Waals surface area (Å²) in [5.41, 5.74) is 0.828. The van der Waals surface area contributed by atoms with Gasteiger partial charge in [0.1, 0.15) is 11.6 Å². The second-order valence-electron chi connectivity index (χ2n) is 5.01. The molecule has 3 aromatic rings. The number of ether oxygens (including phenoxy) is 1. The molecule has 24 heavy (non-hydrogen) atoms. The van der Waals surface area contributed by atoms with Gasteiger partial charge in [0.15, 0.2) is 5.76 Å². The summed E-state index contributed by atoms with van der Waals surface area (Å²) in [5, 5.41) is 2.58. The van der Waals surface area contributed by atoms with Crippen molar-refractivity contribution in [2.75, 3.05) is 7.11 Å². The zero-order valence-electron chi connectivity index (χ0n) is 13.0. The summed E-state index contributed by atoms with van der Waals surface area (Å²) in [6, 6.07) is 13.5. The molecule has 1 aromatic heterocycles. The highest BCUT2D eigenvalue weighted by atomic mass is 19.1. The molecule has 1 N–H and O–H groups in total. The van der Waals surface area contributed by atoms with E-state index in [-0.39, 0.29) is 12.1 Å². The maximum Gasteiger partial charge on any atom is 0.254 e. The number of hydrogen-bond donors (Lipinski definition) is 1. The van der Waals surface area contributed by atoms with Crippen molar-refractivity contribution in [3.8, 4) is 17.1 Å². The molecular weight excluding hydrogens is 311 g/mol. The van der Waals surface area contributed by atoms with Crippen molar-refractivity contribution in [1.82, 2.24) is 10.3 Å². The lowest BCUT2D eigenvalue weighted by atomic mass is 10.2. The highest BCUT2D eigenvalue weighted by Gasteiger charge is 2.14. The van der Waals surface area contributed by atoms with Gasteiger partial charge in [-0.25, -0.2) is 9.37 Å². The molecule has 2 aromatic carbocycles. The van der Waals surface area contributed by atoms with Crippen molar-refractivity contribution in [3.63, 3.8) is 0 Å². The number of nitrogens with one attached hydrogen (secondary N) is 1. The Labute approximate surface area is 138 Å². The molecule has 6 heteroatoms. The highest BCUT2D eigenvalue weighted by Crippen LogP contribution is 2.20. The van der Waals surface area contributed by atoms with Crippen LogP contribution in [0.2, 0.25) is 0 Å². The summed E-state index contributed by atoms with van der Waals surface area (Å²) in [4.78, 5) is 16.2. The Hall–Kier alpha value is -3.15. The van der Waals surface area contributed by atoms with Crippen LogP contribution in [-0.2, 0) is 6.54 Å². The third kappa shape index (κ3) is 3.43. The summed E-state index contributed by atoms with van der Waals surface area (Å²) < 4.78 is 24.3. The van der Waals surface area contributed by atoms with E-state index in [1.165, 1.54) is 19.2 Å². The second kappa shape index (κ2) is 6.95. The van der Waals surface area contributed by atoms with E-state index in [0.717, 1.165) is 11.6 Å². The zero-order valence-corrected chi connectivity index (χ0v) is 13.0. The number of benzene rings is 2. The van der Waals surface area contributed by atoms with Gasteiger partial charge in [-0.15, -0.1) is 0 Å². The van der Waals surface area contributed by atoms with Crippen molar-refractivity contribution in [2.45, 2.75) is 6.54 Å². The molecule has 0 aliphatic rings. The SMILES string of the molecule is COc1ccc(C(=O)NCc2ncc(-c3ccccc3)o2)c(F)c1. The van der Waals surface area contributed by atoms with Crippen LogP contribution >= 0.6 is 0 Å². The number of rotatable bonds is 5. The van der Waals surface area contributed by atoms with Crippen molar-refractivity contribution in [3.05, 3.63) is 72.0 Å². The average Bonchev–Trinajstić information content (AvgIpc) is 3.09. The maximum atomic E-state index is 13.9. The van der Waals surface area contributed by atoms with Gasteiger partial charge >= 0.3 is 0 Å². The number of hydrogen-bond acceptors (Lipinski definition) is 4. The van der Waals surface area contributed by atoms with Gasteiger partial charge in [-0.2, -0.15) is 0 Å². The summed E-state index contributed by atoms with van der Waals surface area (Å²) in [7, 11) is 1.43. The van der Waals surface area contributed by atoms with Crippen LogP contribution < -0.4 is 10.1 Å². The molecule has 5 nitrogen and oxygen atoms in total. The Morgan fingerprint density at radius 2 is 2.04 bits per heavy atom. The van der Waals surface area contributed by atoms with E-state index in [4.69, 9.17) is 9.15 Å². The number of nitrogens with zero attached hydrogens (tertiary/aromatic N) is 1. The largest absolute Gasteiger partial charge is 0.497 e. The maximum absolute atomic E-state index is 13.9. The van der Waals surface area contributed by atoms with Gasteiger partial charge in [-0.1, -0.05) is 30.3 Å². The quantitative estimate of drug-likeness (QED) is 0.780. The first-order valence-electron chi connectivity index (χ1n) is 7.29. The number of amides is 1. The van der Waals surface area contributed by atoms with Crippen LogP contribution in [0.25, 0.3) is 11.3 Å². The minimum Gasteiger partial charge on any atom is -0.497 e. The van der Waals surface area contributed by atoms with Crippen LogP contribution in [-0.4, -0.2) is 18.0 Å². The molecule has 1 amide bonds. The summed E-state index contributed by atoms with van der Waals surface area (Å²) >= 11 is 0. The van der Waals surface area contributed by atoms with Gasteiger partial charge in [-0.3, -0.25) is 4.79 Å². The molecule has 0 saturated carbocycles. The van der Waals surface area contributed by atoms with E-state index in [0.29, 0.717) is 17.4 Å². The lowest BCUT2D eigenvalue weighted by Gasteiger charge is -2.06. The van der Waals surface area contributed by atoms with Crippen LogP contribution in [0.15, 0.2) is 59.1 Å². The summed E-state index contributed by atoms with van der Waals surface area (Å²) in [5.74, 6) is 0.106. The monoisotopic (exact) mass is 326 g/mol. The third-order valence-corrected chi connectivity index (χ3v) is 3.43. The van der Waals surface area contributed by atoms with E-state index >= 15 is 0 Å². The van der Waals surface area contributed by atoms with Crippen molar-refractivity contribution >= 4 is 5.91 Å². The molecule has 0 saturated heterocycles. The number of carbonyl (C=O) groups is 1. The van der Waals surface area contributed by atoms with Gasteiger partial charge in [0.25, 0.3) is 5.91 Å². The van der Waals surface area contributed by atoms with Crippen molar-refractivity contribution in [1.29, 1.82) is 0 Å². The predicted molar refractivity (Wildman–Crippen MR) is 86.1 cm³/mol. The molecule has 0 fully saturated rings. The van der Waals surface area contributed by atoms with Crippen LogP contribution in [0.3, 0.4) is 0 Å². The van der Waals surface area contributed by atoms with Crippen LogP contribution in [0.5, 0.6) is 5.75 Å². The first-order valence-corrected chi connectivity index (χ1v) is 7.29. The Balaban J connectivity index is 1.66. The molecule has 0 unspecified atom stereocenters. The highest BCUT2D eigenvalue weighted by molar-refractivity contribution is 5.94. The Kier molecular flexibility index (Phi) is 4.56. The summed E-state index contributed by atoms with van der Waals surface area (Å²) in [6.45, 7) is 0.0666. The number of oxazole rings is 1. The van der Waals surface area contributed by atoms with Crippen LogP contribution in [0.1, 0.15) is 16.2 Å². The van der Waals surface area contributed by atoms with Gasteiger partial charge in [0.2, 0.25) is 5.89 Å². The standard InChI is InChI=1S/C18H15FN2O3/c1-23-13-7-8-14(15(19)9-13)18(22)21-11-17-20-10-16(24-17)12-5-3-2-4-6-12/h2-10H,11H2,1H3,(H,21,22). The molecule has 0 atom stereocenters. The average molecular weight is 326 g/mol. The molecule has 0 aliphatic carbocycles. The molecule has 0 bridgehead atoms. The smallest absolute Gasteiger partial charge is 0.254 e. The van der Waals surface area contributed by atoms with E-state index in [2.05, 4.69) is 10.3 Å². The van der Waals surface area contributed by atoms with E-state index in [1.807, 2.05) is 30.3 Å². The molecule has 1 heterocycles. The Bertz CT molecular complexity index is 846. The Morgan fingerprint density at radius 3 is 2.75 bits per heavy atom. The van der Waals surface area contributed by atoms with Crippen molar-refractivity contribution in [2.24, 2.45) is 0 Å². The minimum absolute atomic E-state index is 0.0642. The molecule has 122 valence electrons. The van der Waals surface area contributed by atoms with Crippen LogP contribution in [0, 0.1) is 5.82 Å². The fourth-order valence-electron chi connectivity index (χ4n) is 2.19. The van der Waals surface area contributed by atoms with E-state index < -0.39 is 11.7 Å². The molecular formula is C18H15FN2O3. The number of aromatic nitrogens is 1. The topological polar surface area (TPSA) is 64.4 Å². The summed E-state index contributed by atoms with van der Waals surface area (Å²) in [6.07, 6.45) is 1.59. The van der Waals surface area contributed by atoms with Gasteiger partial charge in [0.05, 0.1) is 25.4 Å². The third-order valence-electron chi connectivity index (χ3n) is 3.43. The molecule has 0 radical (unpaired) electrons.